The van der Waals surface area contributed by atoms with Gasteiger partial charge in [-0.15, -0.1) is 0 Å². The van der Waals surface area contributed by atoms with Crippen LogP contribution in [0.2, 0.25) is 0 Å². The first-order chi connectivity index (χ1) is 9.41. The molecule has 1 aromatic carbocycles. The zero-order chi connectivity index (χ0) is 15.2. The van der Waals surface area contributed by atoms with Gasteiger partial charge in [0.2, 0.25) is 5.91 Å². The van der Waals surface area contributed by atoms with Gasteiger partial charge in [-0.3, -0.25) is 4.79 Å². The minimum atomic E-state index is -0.425. The topological polar surface area (TPSA) is 67.8 Å². The van der Waals surface area contributed by atoms with E-state index in [0.29, 0.717) is 17.9 Å². The van der Waals surface area contributed by atoms with E-state index in [4.69, 9.17) is 14.6 Å². The first-order valence-electron chi connectivity index (χ1n) is 6.54. The largest absolute Gasteiger partial charge is 0.497 e. The highest BCUT2D eigenvalue weighted by atomic mass is 16.5. The molecule has 20 heavy (non-hydrogen) atoms. The lowest BCUT2D eigenvalue weighted by atomic mass is 10.0. The van der Waals surface area contributed by atoms with Gasteiger partial charge in [0.25, 0.3) is 0 Å². The number of benzene rings is 1. The Kier molecular flexibility index (Phi) is 5.82. The van der Waals surface area contributed by atoms with E-state index >= 15 is 0 Å². The number of nitrogens with one attached hydrogen (secondary N) is 1. The third-order valence-electron chi connectivity index (χ3n) is 3.06. The highest BCUT2D eigenvalue weighted by molar-refractivity contribution is 5.80. The van der Waals surface area contributed by atoms with Gasteiger partial charge in [0, 0.05) is 23.8 Å². The number of hydrogen-bond acceptors (Lipinski definition) is 4. The standard InChI is InChI=1S/C15H23NO4/c1-15(2,7-8-17)16-14(18)9-11-5-6-12(19-3)10-13(11)20-4/h5-6,10,17H,7-9H2,1-4H3,(H,16,18). The monoisotopic (exact) mass is 281 g/mol. The Hall–Kier alpha value is -1.75. The number of hydrogen-bond donors (Lipinski definition) is 2. The zero-order valence-electron chi connectivity index (χ0n) is 12.5. The van der Waals surface area contributed by atoms with E-state index in [1.165, 1.54) is 0 Å². The summed E-state index contributed by atoms with van der Waals surface area (Å²) in [7, 11) is 3.14. The summed E-state index contributed by atoms with van der Waals surface area (Å²) < 4.78 is 10.4. The maximum absolute atomic E-state index is 12.0. The summed E-state index contributed by atoms with van der Waals surface area (Å²) >= 11 is 0. The first-order valence-corrected chi connectivity index (χ1v) is 6.54. The molecule has 0 aliphatic rings. The molecule has 0 bridgehead atoms. The van der Waals surface area contributed by atoms with Crippen LogP contribution in [0, 0.1) is 0 Å². The zero-order valence-corrected chi connectivity index (χ0v) is 12.5. The van der Waals surface area contributed by atoms with E-state index in [1.54, 1.807) is 26.4 Å². The number of methoxy groups -OCH3 is 2. The van der Waals surface area contributed by atoms with Crippen LogP contribution < -0.4 is 14.8 Å². The summed E-state index contributed by atoms with van der Waals surface area (Å²) in [5.41, 5.74) is 0.372. The van der Waals surface area contributed by atoms with Crippen molar-refractivity contribution in [1.82, 2.24) is 5.32 Å². The third kappa shape index (κ3) is 4.74. The summed E-state index contributed by atoms with van der Waals surface area (Å²) in [6.45, 7) is 3.80. The van der Waals surface area contributed by atoms with E-state index in [2.05, 4.69) is 5.32 Å². The number of carbonyl (C=O) groups excluding carboxylic acids is 1. The third-order valence-corrected chi connectivity index (χ3v) is 3.06. The molecule has 1 aromatic rings. The minimum Gasteiger partial charge on any atom is -0.497 e. The van der Waals surface area contributed by atoms with Gasteiger partial charge in [-0.25, -0.2) is 0 Å². The second kappa shape index (κ2) is 7.14. The predicted octanol–water partition coefficient (Wildman–Crippen LogP) is 1.52. The van der Waals surface area contributed by atoms with Crippen LogP contribution in [0.5, 0.6) is 11.5 Å². The Balaban J connectivity index is 2.75. The normalized spacial score (nSPS) is 11.1. The quantitative estimate of drug-likeness (QED) is 0.795. The van der Waals surface area contributed by atoms with Crippen molar-refractivity contribution < 1.29 is 19.4 Å². The van der Waals surface area contributed by atoms with Crippen LogP contribution in [0.3, 0.4) is 0 Å². The number of ether oxygens (including phenoxy) is 2. The Labute approximate surface area is 119 Å². The number of aliphatic hydroxyl groups excluding tert-OH is 1. The van der Waals surface area contributed by atoms with Crippen molar-refractivity contribution >= 4 is 5.91 Å². The molecule has 0 atom stereocenters. The molecule has 0 saturated heterocycles. The van der Waals surface area contributed by atoms with Gasteiger partial charge in [-0.05, 0) is 26.3 Å². The Morgan fingerprint density at radius 1 is 1.30 bits per heavy atom. The maximum Gasteiger partial charge on any atom is 0.224 e. The number of carbonyl (C=O) groups is 1. The summed E-state index contributed by atoms with van der Waals surface area (Å²) in [5, 5.41) is 11.9. The van der Waals surface area contributed by atoms with Crippen molar-refractivity contribution in [2.24, 2.45) is 0 Å². The molecule has 0 fully saturated rings. The molecule has 1 rings (SSSR count). The molecule has 5 heteroatoms. The summed E-state index contributed by atoms with van der Waals surface area (Å²) in [6, 6.07) is 5.36. The predicted molar refractivity (Wildman–Crippen MR) is 77.2 cm³/mol. The molecule has 0 aliphatic carbocycles. The highest BCUT2D eigenvalue weighted by Crippen LogP contribution is 2.25. The molecule has 0 radical (unpaired) electrons. The molecule has 5 nitrogen and oxygen atoms in total. The Morgan fingerprint density at radius 3 is 2.55 bits per heavy atom. The fourth-order valence-electron chi connectivity index (χ4n) is 1.93. The maximum atomic E-state index is 12.0. The molecular formula is C15H23NO4. The Morgan fingerprint density at radius 2 is 2.00 bits per heavy atom. The van der Waals surface area contributed by atoms with Crippen molar-refractivity contribution in [2.45, 2.75) is 32.2 Å². The van der Waals surface area contributed by atoms with Crippen LogP contribution in [-0.2, 0) is 11.2 Å². The van der Waals surface area contributed by atoms with Crippen molar-refractivity contribution in [3.05, 3.63) is 23.8 Å². The first kappa shape index (κ1) is 16.3. The van der Waals surface area contributed by atoms with Crippen LogP contribution in [0.1, 0.15) is 25.8 Å². The lowest BCUT2D eigenvalue weighted by Gasteiger charge is -2.25. The molecule has 0 aliphatic heterocycles. The van der Waals surface area contributed by atoms with Crippen LogP contribution in [0.15, 0.2) is 18.2 Å². The average molecular weight is 281 g/mol. The molecular weight excluding hydrogens is 258 g/mol. The van der Waals surface area contributed by atoms with Crippen molar-refractivity contribution in [2.75, 3.05) is 20.8 Å². The van der Waals surface area contributed by atoms with Gasteiger partial charge in [0.05, 0.1) is 20.6 Å². The number of aliphatic hydroxyl groups is 1. The van der Waals surface area contributed by atoms with Crippen molar-refractivity contribution in [3.63, 3.8) is 0 Å². The lowest BCUT2D eigenvalue weighted by Crippen LogP contribution is -2.44. The van der Waals surface area contributed by atoms with Crippen molar-refractivity contribution in [1.29, 1.82) is 0 Å². The van der Waals surface area contributed by atoms with E-state index in [9.17, 15) is 4.79 Å². The highest BCUT2D eigenvalue weighted by Gasteiger charge is 2.20. The molecule has 112 valence electrons. The molecule has 0 heterocycles. The summed E-state index contributed by atoms with van der Waals surface area (Å²) in [4.78, 5) is 12.0. The number of rotatable bonds is 7. The van der Waals surface area contributed by atoms with E-state index < -0.39 is 5.54 Å². The lowest BCUT2D eigenvalue weighted by molar-refractivity contribution is -0.122. The van der Waals surface area contributed by atoms with Crippen LogP contribution in [0.4, 0.5) is 0 Å². The van der Waals surface area contributed by atoms with Crippen molar-refractivity contribution in [3.8, 4) is 11.5 Å². The molecule has 0 spiro atoms. The van der Waals surface area contributed by atoms with E-state index in [0.717, 1.165) is 5.56 Å². The summed E-state index contributed by atoms with van der Waals surface area (Å²) in [5.74, 6) is 1.21. The fraction of sp³-hybridized carbons (Fsp3) is 0.533. The molecule has 0 unspecified atom stereocenters. The van der Waals surface area contributed by atoms with Crippen LogP contribution >= 0.6 is 0 Å². The van der Waals surface area contributed by atoms with Gasteiger partial charge < -0.3 is 19.9 Å². The summed E-state index contributed by atoms with van der Waals surface area (Å²) in [6.07, 6.45) is 0.737. The van der Waals surface area contributed by atoms with Gasteiger partial charge in [0.15, 0.2) is 0 Å². The van der Waals surface area contributed by atoms with Crippen LogP contribution in [-0.4, -0.2) is 37.4 Å². The van der Waals surface area contributed by atoms with Gasteiger partial charge >= 0.3 is 0 Å². The second-order valence-electron chi connectivity index (χ2n) is 5.26. The van der Waals surface area contributed by atoms with Gasteiger partial charge in [-0.2, -0.15) is 0 Å². The van der Waals surface area contributed by atoms with Crippen LogP contribution in [0.25, 0.3) is 0 Å². The average Bonchev–Trinajstić information content (AvgIpc) is 2.38. The van der Waals surface area contributed by atoms with E-state index in [1.807, 2.05) is 19.9 Å². The minimum absolute atomic E-state index is 0.0408. The Bertz CT molecular complexity index is 457. The smallest absolute Gasteiger partial charge is 0.224 e. The SMILES string of the molecule is COc1ccc(CC(=O)NC(C)(C)CCO)c(OC)c1. The fourth-order valence-corrected chi connectivity index (χ4v) is 1.93. The molecule has 1 amide bonds. The molecule has 0 saturated carbocycles. The van der Waals surface area contributed by atoms with E-state index in [-0.39, 0.29) is 18.9 Å². The molecule has 0 aromatic heterocycles. The van der Waals surface area contributed by atoms with Gasteiger partial charge in [-0.1, -0.05) is 6.07 Å². The second-order valence-corrected chi connectivity index (χ2v) is 5.26. The molecule has 2 N–H and O–H groups in total. The van der Waals surface area contributed by atoms with Gasteiger partial charge in [0.1, 0.15) is 11.5 Å². The number of amides is 1.